The predicted molar refractivity (Wildman–Crippen MR) is 70.9 cm³/mol. The highest BCUT2D eigenvalue weighted by molar-refractivity contribution is 6.08. The lowest BCUT2D eigenvalue weighted by Crippen LogP contribution is -1.94. The van der Waals surface area contributed by atoms with Crippen LogP contribution in [-0.2, 0) is 0 Å². The molecule has 0 atom stereocenters. The fourth-order valence-corrected chi connectivity index (χ4v) is 2.09. The van der Waals surface area contributed by atoms with Crippen LogP contribution in [0.25, 0.3) is 21.8 Å². The Morgan fingerprint density at radius 1 is 0.882 bits per heavy atom. The van der Waals surface area contributed by atoms with Crippen LogP contribution in [0.4, 0.5) is 5.69 Å². The van der Waals surface area contributed by atoms with Crippen LogP contribution in [0, 0.1) is 13.8 Å². The molecular weight excluding hydrogens is 210 g/mol. The maximum Gasteiger partial charge on any atom is 0.0988 e. The second kappa shape index (κ2) is 3.42. The maximum absolute atomic E-state index is 6.04. The second-order valence-electron chi connectivity index (χ2n) is 4.34. The number of aromatic nitrogens is 2. The molecule has 17 heavy (non-hydrogen) atoms. The normalized spacial score (nSPS) is 11.2. The zero-order chi connectivity index (χ0) is 12.0. The summed E-state index contributed by atoms with van der Waals surface area (Å²) in [5.74, 6) is 0. The molecule has 0 spiro atoms. The third-order valence-electron chi connectivity index (χ3n) is 2.95. The van der Waals surface area contributed by atoms with Gasteiger partial charge in [-0.3, -0.25) is 9.97 Å². The number of hydrogen-bond donors (Lipinski definition) is 1. The van der Waals surface area contributed by atoms with Crippen molar-refractivity contribution in [2.24, 2.45) is 0 Å². The van der Waals surface area contributed by atoms with Crippen LogP contribution in [0.1, 0.15) is 11.4 Å². The molecule has 3 aromatic rings. The molecule has 1 aromatic carbocycles. The van der Waals surface area contributed by atoms with Crippen molar-refractivity contribution in [1.29, 1.82) is 0 Å². The minimum Gasteiger partial charge on any atom is -0.398 e. The van der Waals surface area contributed by atoms with E-state index < -0.39 is 0 Å². The van der Waals surface area contributed by atoms with Gasteiger partial charge in [-0.15, -0.1) is 0 Å². The fraction of sp³-hybridized carbons (Fsp3) is 0.143. The average molecular weight is 223 g/mol. The van der Waals surface area contributed by atoms with Crippen molar-refractivity contribution >= 4 is 27.5 Å². The summed E-state index contributed by atoms with van der Waals surface area (Å²) in [4.78, 5) is 9.13. The number of aryl methyl sites for hydroxylation is 2. The zero-order valence-corrected chi connectivity index (χ0v) is 9.86. The number of hydrogen-bond acceptors (Lipinski definition) is 3. The number of rotatable bonds is 0. The van der Waals surface area contributed by atoms with Gasteiger partial charge in [0, 0.05) is 27.8 Å². The van der Waals surface area contributed by atoms with Gasteiger partial charge in [-0.25, -0.2) is 0 Å². The van der Waals surface area contributed by atoms with E-state index in [1.165, 1.54) is 0 Å². The molecule has 0 saturated carbocycles. The van der Waals surface area contributed by atoms with Gasteiger partial charge in [0.15, 0.2) is 0 Å². The van der Waals surface area contributed by atoms with E-state index in [9.17, 15) is 0 Å². The number of nitrogens with zero attached hydrogens (tertiary/aromatic N) is 2. The van der Waals surface area contributed by atoms with Crippen LogP contribution in [0.3, 0.4) is 0 Å². The first-order valence-corrected chi connectivity index (χ1v) is 5.58. The Balaban J connectivity index is 2.59. The van der Waals surface area contributed by atoms with E-state index in [1.807, 2.05) is 44.2 Å². The summed E-state index contributed by atoms with van der Waals surface area (Å²) in [5, 5.41) is 2.01. The Labute approximate surface area is 99.3 Å². The van der Waals surface area contributed by atoms with Gasteiger partial charge in [0.25, 0.3) is 0 Å². The highest BCUT2D eigenvalue weighted by Crippen LogP contribution is 2.28. The molecule has 0 fully saturated rings. The lowest BCUT2D eigenvalue weighted by atomic mass is 10.1. The standard InChI is InChI=1S/C14H13N3/c1-8-3-5-10-7-12(15)11-6-4-9(2)17-14(11)13(10)16-8/h3-7H,15H2,1-2H3. The first-order chi connectivity index (χ1) is 8.15. The third-order valence-corrected chi connectivity index (χ3v) is 2.95. The maximum atomic E-state index is 6.04. The Morgan fingerprint density at radius 3 is 2.29 bits per heavy atom. The molecule has 0 unspecified atom stereocenters. The molecule has 0 aliphatic carbocycles. The lowest BCUT2D eigenvalue weighted by Gasteiger charge is -2.07. The van der Waals surface area contributed by atoms with Crippen molar-refractivity contribution < 1.29 is 0 Å². The average Bonchev–Trinajstić information content (AvgIpc) is 2.30. The van der Waals surface area contributed by atoms with Crippen molar-refractivity contribution in [3.8, 4) is 0 Å². The molecule has 3 rings (SSSR count). The number of nitrogens with two attached hydrogens (primary N) is 1. The van der Waals surface area contributed by atoms with Crippen LogP contribution in [0.2, 0.25) is 0 Å². The highest BCUT2D eigenvalue weighted by Gasteiger charge is 2.07. The molecule has 2 aromatic heterocycles. The Kier molecular flexibility index (Phi) is 2.01. The predicted octanol–water partition coefficient (Wildman–Crippen LogP) is 2.98. The highest BCUT2D eigenvalue weighted by atomic mass is 14.8. The molecule has 3 heteroatoms. The number of pyridine rings is 2. The van der Waals surface area contributed by atoms with Crippen molar-refractivity contribution in [1.82, 2.24) is 9.97 Å². The van der Waals surface area contributed by atoms with E-state index in [2.05, 4.69) is 9.97 Å². The van der Waals surface area contributed by atoms with E-state index in [0.717, 1.165) is 38.9 Å². The smallest absolute Gasteiger partial charge is 0.0988 e. The van der Waals surface area contributed by atoms with Crippen molar-refractivity contribution in [2.75, 3.05) is 5.73 Å². The number of benzene rings is 1. The Bertz CT molecular complexity index is 732. The number of nitrogen functional groups attached to an aromatic ring is 1. The van der Waals surface area contributed by atoms with E-state index in [-0.39, 0.29) is 0 Å². The molecule has 2 N–H and O–H groups in total. The minimum absolute atomic E-state index is 0.755. The van der Waals surface area contributed by atoms with Gasteiger partial charge >= 0.3 is 0 Å². The molecule has 0 bridgehead atoms. The Morgan fingerprint density at radius 2 is 1.53 bits per heavy atom. The van der Waals surface area contributed by atoms with Gasteiger partial charge < -0.3 is 5.73 Å². The zero-order valence-electron chi connectivity index (χ0n) is 9.86. The molecular formula is C14H13N3. The molecule has 3 nitrogen and oxygen atoms in total. The number of fused-ring (bicyclic) bond motifs is 3. The quantitative estimate of drug-likeness (QED) is 0.471. The topological polar surface area (TPSA) is 51.8 Å². The molecule has 2 heterocycles. The van der Waals surface area contributed by atoms with Crippen LogP contribution in [0.5, 0.6) is 0 Å². The fourth-order valence-electron chi connectivity index (χ4n) is 2.09. The van der Waals surface area contributed by atoms with Gasteiger partial charge in [0.2, 0.25) is 0 Å². The summed E-state index contributed by atoms with van der Waals surface area (Å²) in [7, 11) is 0. The van der Waals surface area contributed by atoms with Gasteiger partial charge in [-0.05, 0) is 38.1 Å². The van der Waals surface area contributed by atoms with E-state index >= 15 is 0 Å². The second-order valence-corrected chi connectivity index (χ2v) is 4.34. The van der Waals surface area contributed by atoms with Gasteiger partial charge in [0.05, 0.1) is 11.0 Å². The van der Waals surface area contributed by atoms with Gasteiger partial charge in [0.1, 0.15) is 0 Å². The summed E-state index contributed by atoms with van der Waals surface area (Å²) in [6, 6.07) is 9.97. The molecule has 0 aliphatic rings. The molecule has 0 saturated heterocycles. The third kappa shape index (κ3) is 1.51. The monoisotopic (exact) mass is 223 g/mol. The van der Waals surface area contributed by atoms with Crippen LogP contribution < -0.4 is 5.73 Å². The van der Waals surface area contributed by atoms with Crippen LogP contribution in [-0.4, -0.2) is 9.97 Å². The van der Waals surface area contributed by atoms with Crippen molar-refractivity contribution in [3.63, 3.8) is 0 Å². The first kappa shape index (κ1) is 10.0. The van der Waals surface area contributed by atoms with Gasteiger partial charge in [-0.2, -0.15) is 0 Å². The summed E-state index contributed by atoms with van der Waals surface area (Å²) >= 11 is 0. The molecule has 0 radical (unpaired) electrons. The van der Waals surface area contributed by atoms with E-state index in [4.69, 9.17) is 5.73 Å². The number of anilines is 1. The SMILES string of the molecule is Cc1ccc2cc(N)c3ccc(C)nc3c2n1. The van der Waals surface area contributed by atoms with E-state index in [0.29, 0.717) is 0 Å². The molecule has 84 valence electrons. The van der Waals surface area contributed by atoms with Gasteiger partial charge in [-0.1, -0.05) is 6.07 Å². The summed E-state index contributed by atoms with van der Waals surface area (Å²) in [6.07, 6.45) is 0. The van der Waals surface area contributed by atoms with Crippen molar-refractivity contribution in [3.05, 3.63) is 41.7 Å². The minimum atomic E-state index is 0.755. The summed E-state index contributed by atoms with van der Waals surface area (Å²) < 4.78 is 0. The van der Waals surface area contributed by atoms with Crippen LogP contribution >= 0.6 is 0 Å². The first-order valence-electron chi connectivity index (χ1n) is 5.58. The molecule has 0 aliphatic heterocycles. The van der Waals surface area contributed by atoms with Crippen molar-refractivity contribution in [2.45, 2.75) is 13.8 Å². The summed E-state index contributed by atoms with van der Waals surface area (Å²) in [5.41, 5.74) is 10.6. The lowest BCUT2D eigenvalue weighted by molar-refractivity contribution is 1.23. The molecule has 0 amide bonds. The summed E-state index contributed by atoms with van der Waals surface area (Å²) in [6.45, 7) is 3.96. The van der Waals surface area contributed by atoms with E-state index in [1.54, 1.807) is 0 Å². The largest absolute Gasteiger partial charge is 0.398 e. The van der Waals surface area contributed by atoms with Crippen LogP contribution in [0.15, 0.2) is 30.3 Å². The Hall–Kier alpha value is -2.16.